The number of hydrazone groups is 1. The lowest BCUT2D eigenvalue weighted by Crippen LogP contribution is -2.20. The highest BCUT2D eigenvalue weighted by Gasteiger charge is 2.17. The molecular weight excluding hydrogens is 470 g/mol. The third-order valence-electron chi connectivity index (χ3n) is 5.28. The minimum atomic E-state index is -0.316. The average Bonchev–Trinajstić information content (AvgIpc) is 3.31. The SMILES string of the molecule is CCC/C(=N/NC(=O)c1cc(-c2ccc(OC)cc2OC)nc2ccccc12)c1ccc(Cl)s1. The van der Waals surface area contributed by atoms with Crippen LogP contribution in [0.2, 0.25) is 4.34 Å². The van der Waals surface area contributed by atoms with E-state index in [9.17, 15) is 4.79 Å². The predicted molar refractivity (Wildman–Crippen MR) is 139 cm³/mol. The fraction of sp³-hybridized carbons (Fsp3) is 0.192. The van der Waals surface area contributed by atoms with Crippen molar-refractivity contribution in [3.63, 3.8) is 0 Å². The lowest BCUT2D eigenvalue weighted by atomic mass is 10.0. The van der Waals surface area contributed by atoms with E-state index >= 15 is 0 Å². The van der Waals surface area contributed by atoms with Crippen molar-refractivity contribution in [2.24, 2.45) is 5.10 Å². The van der Waals surface area contributed by atoms with Gasteiger partial charge in [0.05, 0.1) is 45.9 Å². The van der Waals surface area contributed by atoms with Crippen LogP contribution in [-0.4, -0.2) is 30.8 Å². The topological polar surface area (TPSA) is 72.8 Å². The molecule has 34 heavy (non-hydrogen) atoms. The van der Waals surface area contributed by atoms with Gasteiger partial charge in [-0.05, 0) is 42.8 Å². The van der Waals surface area contributed by atoms with E-state index in [1.165, 1.54) is 11.3 Å². The van der Waals surface area contributed by atoms with E-state index in [2.05, 4.69) is 17.5 Å². The molecule has 1 N–H and O–H groups in total. The molecule has 0 fully saturated rings. The summed E-state index contributed by atoms with van der Waals surface area (Å²) in [5.74, 6) is 0.959. The van der Waals surface area contributed by atoms with Crippen LogP contribution in [0.3, 0.4) is 0 Å². The van der Waals surface area contributed by atoms with E-state index in [1.807, 2.05) is 48.5 Å². The van der Waals surface area contributed by atoms with Gasteiger partial charge in [-0.2, -0.15) is 5.10 Å². The van der Waals surface area contributed by atoms with Gasteiger partial charge in [0.1, 0.15) is 11.5 Å². The zero-order chi connectivity index (χ0) is 24.1. The smallest absolute Gasteiger partial charge is 0.272 e. The first-order chi connectivity index (χ1) is 16.5. The number of benzene rings is 2. The number of nitrogens with zero attached hydrogens (tertiary/aromatic N) is 2. The summed E-state index contributed by atoms with van der Waals surface area (Å²) in [5.41, 5.74) is 6.08. The summed E-state index contributed by atoms with van der Waals surface area (Å²) < 4.78 is 11.5. The molecule has 8 heteroatoms. The van der Waals surface area contributed by atoms with E-state index in [0.717, 1.165) is 34.4 Å². The number of fused-ring (bicyclic) bond motifs is 1. The van der Waals surface area contributed by atoms with Gasteiger partial charge in [0.15, 0.2) is 0 Å². The second-order valence-electron chi connectivity index (χ2n) is 7.49. The molecule has 2 aromatic carbocycles. The quantitative estimate of drug-likeness (QED) is 0.222. The molecule has 0 saturated heterocycles. The van der Waals surface area contributed by atoms with Crippen LogP contribution in [0.25, 0.3) is 22.2 Å². The molecule has 0 unspecified atom stereocenters. The van der Waals surface area contributed by atoms with Crippen molar-refractivity contribution in [1.29, 1.82) is 0 Å². The minimum absolute atomic E-state index is 0.316. The molecule has 0 spiro atoms. The summed E-state index contributed by atoms with van der Waals surface area (Å²) in [6, 6.07) is 18.5. The zero-order valence-electron chi connectivity index (χ0n) is 19.1. The van der Waals surface area contributed by atoms with Gasteiger partial charge in [-0.25, -0.2) is 10.4 Å². The first-order valence-corrected chi connectivity index (χ1v) is 12.0. The standard InChI is InChI=1S/C26H24ClN3O3S/c1-4-7-21(24-12-13-25(27)34-24)29-30-26(31)19-15-22(28-20-9-6-5-8-17(19)20)18-11-10-16(32-2)14-23(18)33-3/h5-6,8-15H,4,7H2,1-3H3,(H,30,31)/b29-21-. The van der Waals surface area contributed by atoms with Crippen LogP contribution in [0.15, 0.2) is 65.8 Å². The number of nitrogens with one attached hydrogen (secondary N) is 1. The number of ether oxygens (including phenoxy) is 2. The Morgan fingerprint density at radius 3 is 2.62 bits per heavy atom. The molecule has 0 aliphatic heterocycles. The molecular formula is C26H24ClN3O3S. The Morgan fingerprint density at radius 2 is 1.91 bits per heavy atom. The summed E-state index contributed by atoms with van der Waals surface area (Å²) in [5, 5.41) is 5.18. The van der Waals surface area contributed by atoms with Crippen LogP contribution in [0, 0.1) is 0 Å². The lowest BCUT2D eigenvalue weighted by molar-refractivity contribution is 0.0956. The Morgan fingerprint density at radius 1 is 1.09 bits per heavy atom. The Bertz CT molecular complexity index is 1370. The number of hydrogen-bond acceptors (Lipinski definition) is 6. The van der Waals surface area contributed by atoms with Crippen molar-refractivity contribution in [3.8, 4) is 22.8 Å². The van der Waals surface area contributed by atoms with Crippen molar-refractivity contribution in [1.82, 2.24) is 10.4 Å². The molecule has 0 atom stereocenters. The number of aromatic nitrogens is 1. The molecule has 0 saturated carbocycles. The van der Waals surface area contributed by atoms with Crippen LogP contribution in [0.4, 0.5) is 0 Å². The first kappa shape index (κ1) is 23.7. The second-order valence-corrected chi connectivity index (χ2v) is 9.21. The van der Waals surface area contributed by atoms with Crippen LogP contribution in [0.5, 0.6) is 11.5 Å². The molecule has 0 aliphatic rings. The van der Waals surface area contributed by atoms with Crippen molar-refractivity contribution in [2.75, 3.05) is 14.2 Å². The molecule has 1 amide bonds. The Hall–Kier alpha value is -3.42. The predicted octanol–water partition coefficient (Wildman–Crippen LogP) is 6.57. The number of para-hydroxylation sites is 1. The van der Waals surface area contributed by atoms with Crippen molar-refractivity contribution >= 4 is 45.5 Å². The van der Waals surface area contributed by atoms with Gasteiger partial charge < -0.3 is 9.47 Å². The minimum Gasteiger partial charge on any atom is -0.497 e. The monoisotopic (exact) mass is 493 g/mol. The van der Waals surface area contributed by atoms with Gasteiger partial charge in [-0.15, -0.1) is 11.3 Å². The number of rotatable bonds is 8. The summed E-state index contributed by atoms with van der Waals surface area (Å²) >= 11 is 7.54. The number of pyridine rings is 1. The maximum Gasteiger partial charge on any atom is 0.272 e. The molecule has 6 nitrogen and oxygen atoms in total. The van der Waals surface area contributed by atoms with E-state index in [1.54, 1.807) is 26.4 Å². The third kappa shape index (κ3) is 5.05. The lowest BCUT2D eigenvalue weighted by Gasteiger charge is -2.13. The van der Waals surface area contributed by atoms with Crippen molar-refractivity contribution < 1.29 is 14.3 Å². The van der Waals surface area contributed by atoms with E-state index < -0.39 is 0 Å². The van der Waals surface area contributed by atoms with Crippen LogP contribution in [-0.2, 0) is 0 Å². The Labute approximate surface area is 207 Å². The second kappa shape index (κ2) is 10.7. The summed E-state index contributed by atoms with van der Waals surface area (Å²) in [6.45, 7) is 2.07. The molecule has 4 rings (SSSR count). The summed E-state index contributed by atoms with van der Waals surface area (Å²) in [6.07, 6.45) is 1.62. The number of methoxy groups -OCH3 is 2. The average molecular weight is 494 g/mol. The van der Waals surface area contributed by atoms with E-state index in [-0.39, 0.29) is 5.91 Å². The highest BCUT2D eigenvalue weighted by molar-refractivity contribution is 7.18. The maximum atomic E-state index is 13.3. The number of carbonyl (C=O) groups is 1. The van der Waals surface area contributed by atoms with Crippen LogP contribution in [0.1, 0.15) is 35.0 Å². The van der Waals surface area contributed by atoms with Gasteiger partial charge in [0, 0.05) is 17.0 Å². The number of thiophene rings is 1. The largest absolute Gasteiger partial charge is 0.497 e. The highest BCUT2D eigenvalue weighted by atomic mass is 35.5. The molecule has 4 aromatic rings. The zero-order valence-corrected chi connectivity index (χ0v) is 20.7. The molecule has 2 aromatic heterocycles. The van der Waals surface area contributed by atoms with Crippen LogP contribution >= 0.6 is 22.9 Å². The number of halogens is 1. The van der Waals surface area contributed by atoms with Crippen molar-refractivity contribution in [2.45, 2.75) is 19.8 Å². The molecule has 0 radical (unpaired) electrons. The summed E-state index contributed by atoms with van der Waals surface area (Å²) in [7, 11) is 3.19. The van der Waals surface area contributed by atoms with Crippen LogP contribution < -0.4 is 14.9 Å². The normalized spacial score (nSPS) is 11.5. The molecule has 2 heterocycles. The van der Waals surface area contributed by atoms with Crippen molar-refractivity contribution in [3.05, 3.63) is 75.4 Å². The molecule has 174 valence electrons. The number of amides is 1. The highest BCUT2D eigenvalue weighted by Crippen LogP contribution is 2.34. The summed E-state index contributed by atoms with van der Waals surface area (Å²) in [4.78, 5) is 19.0. The molecule has 0 bridgehead atoms. The van der Waals surface area contributed by atoms with Gasteiger partial charge in [-0.1, -0.05) is 43.1 Å². The number of carbonyl (C=O) groups excluding carboxylic acids is 1. The first-order valence-electron chi connectivity index (χ1n) is 10.8. The van der Waals surface area contributed by atoms with Gasteiger partial charge in [0.2, 0.25) is 0 Å². The fourth-order valence-electron chi connectivity index (χ4n) is 3.63. The Kier molecular flexibility index (Phi) is 7.45. The van der Waals surface area contributed by atoms with Gasteiger partial charge >= 0.3 is 0 Å². The van der Waals surface area contributed by atoms with Gasteiger partial charge in [0.25, 0.3) is 5.91 Å². The fourth-order valence-corrected chi connectivity index (χ4v) is 4.69. The number of hydrogen-bond donors (Lipinski definition) is 1. The maximum absolute atomic E-state index is 13.3. The van der Waals surface area contributed by atoms with E-state index in [4.69, 9.17) is 26.1 Å². The van der Waals surface area contributed by atoms with Gasteiger partial charge in [-0.3, -0.25) is 4.79 Å². The van der Waals surface area contributed by atoms with E-state index in [0.29, 0.717) is 32.6 Å². The Balaban J connectivity index is 1.75. The third-order valence-corrected chi connectivity index (χ3v) is 6.56. The molecule has 0 aliphatic carbocycles.